The minimum Gasteiger partial charge on any atom is -0.465 e. The molecule has 0 spiro atoms. The van der Waals surface area contributed by atoms with E-state index >= 15 is 0 Å². The van der Waals surface area contributed by atoms with Crippen molar-refractivity contribution in [1.82, 2.24) is 4.90 Å². The zero-order chi connectivity index (χ0) is 14.8. The number of carbonyl (C=O) groups is 2. The standard InChI is InChI=1S/C16H15NO3S/c1-20-16(19)14-7-6-13(21-14)15(18)17-9-8-11-4-2-3-5-12(11)10-17/h2-7H,8-10H2,1H3. The van der Waals surface area contributed by atoms with Crippen LogP contribution in [0.15, 0.2) is 36.4 Å². The number of hydrogen-bond acceptors (Lipinski definition) is 4. The van der Waals surface area contributed by atoms with E-state index in [0.29, 0.717) is 22.8 Å². The van der Waals surface area contributed by atoms with E-state index < -0.39 is 5.97 Å². The van der Waals surface area contributed by atoms with Crippen molar-refractivity contribution in [3.8, 4) is 0 Å². The summed E-state index contributed by atoms with van der Waals surface area (Å²) in [6, 6.07) is 11.5. The maximum Gasteiger partial charge on any atom is 0.348 e. The SMILES string of the molecule is COC(=O)c1ccc(C(=O)N2CCc3ccccc3C2)s1. The molecule has 0 bridgehead atoms. The van der Waals surface area contributed by atoms with Crippen molar-refractivity contribution >= 4 is 23.2 Å². The number of benzene rings is 1. The predicted molar refractivity (Wildman–Crippen MR) is 80.5 cm³/mol. The van der Waals surface area contributed by atoms with Gasteiger partial charge in [-0.05, 0) is 29.7 Å². The minimum absolute atomic E-state index is 0.0235. The number of carbonyl (C=O) groups excluding carboxylic acids is 2. The summed E-state index contributed by atoms with van der Waals surface area (Å²) in [6.07, 6.45) is 0.872. The predicted octanol–water partition coefficient (Wildman–Crippen LogP) is 2.73. The van der Waals surface area contributed by atoms with Crippen LogP contribution in [0.25, 0.3) is 0 Å². The van der Waals surface area contributed by atoms with Crippen LogP contribution in [-0.4, -0.2) is 30.4 Å². The van der Waals surface area contributed by atoms with Crippen molar-refractivity contribution < 1.29 is 14.3 Å². The summed E-state index contributed by atoms with van der Waals surface area (Å²) in [6.45, 7) is 1.34. The van der Waals surface area contributed by atoms with Crippen LogP contribution in [0.2, 0.25) is 0 Å². The highest BCUT2D eigenvalue weighted by Gasteiger charge is 2.23. The van der Waals surface area contributed by atoms with Crippen molar-refractivity contribution in [2.24, 2.45) is 0 Å². The van der Waals surface area contributed by atoms with E-state index in [1.807, 2.05) is 17.0 Å². The largest absolute Gasteiger partial charge is 0.465 e. The van der Waals surface area contributed by atoms with Crippen LogP contribution in [0.5, 0.6) is 0 Å². The highest BCUT2D eigenvalue weighted by Crippen LogP contribution is 2.23. The first-order valence-electron chi connectivity index (χ1n) is 6.73. The molecule has 1 amide bonds. The van der Waals surface area contributed by atoms with Crippen molar-refractivity contribution in [3.63, 3.8) is 0 Å². The average Bonchev–Trinajstić information content (AvgIpc) is 3.03. The quantitative estimate of drug-likeness (QED) is 0.801. The second kappa shape index (κ2) is 5.69. The van der Waals surface area contributed by atoms with E-state index in [-0.39, 0.29) is 5.91 Å². The Bertz CT molecular complexity index is 692. The molecule has 4 nitrogen and oxygen atoms in total. The van der Waals surface area contributed by atoms with Crippen LogP contribution < -0.4 is 0 Å². The molecule has 1 aromatic heterocycles. The molecular weight excluding hydrogens is 286 g/mol. The summed E-state index contributed by atoms with van der Waals surface area (Å²) < 4.78 is 4.67. The van der Waals surface area contributed by atoms with Gasteiger partial charge in [0.25, 0.3) is 5.91 Å². The lowest BCUT2D eigenvalue weighted by atomic mass is 10.00. The zero-order valence-electron chi connectivity index (χ0n) is 11.7. The molecule has 0 radical (unpaired) electrons. The molecule has 0 saturated heterocycles. The number of methoxy groups -OCH3 is 1. The number of esters is 1. The molecule has 1 aromatic carbocycles. The lowest BCUT2D eigenvalue weighted by Gasteiger charge is -2.28. The van der Waals surface area contributed by atoms with Crippen molar-refractivity contribution in [2.45, 2.75) is 13.0 Å². The van der Waals surface area contributed by atoms with E-state index in [4.69, 9.17) is 0 Å². The molecule has 2 heterocycles. The first-order valence-corrected chi connectivity index (χ1v) is 7.55. The summed E-state index contributed by atoms with van der Waals surface area (Å²) in [5.74, 6) is -0.423. The Labute approximate surface area is 127 Å². The summed E-state index contributed by atoms with van der Waals surface area (Å²) in [5.41, 5.74) is 2.50. The van der Waals surface area contributed by atoms with Crippen LogP contribution in [0.1, 0.15) is 30.5 Å². The fourth-order valence-electron chi connectivity index (χ4n) is 2.49. The first kappa shape index (κ1) is 13.8. The van der Waals surface area contributed by atoms with E-state index in [2.05, 4.69) is 16.9 Å². The van der Waals surface area contributed by atoms with E-state index in [9.17, 15) is 9.59 Å². The highest BCUT2D eigenvalue weighted by atomic mass is 32.1. The molecule has 0 N–H and O–H groups in total. The number of rotatable bonds is 2. The topological polar surface area (TPSA) is 46.6 Å². The van der Waals surface area contributed by atoms with Gasteiger partial charge in [0.2, 0.25) is 0 Å². The molecule has 0 saturated carbocycles. The van der Waals surface area contributed by atoms with Gasteiger partial charge in [-0.1, -0.05) is 24.3 Å². The van der Waals surface area contributed by atoms with Gasteiger partial charge in [0, 0.05) is 13.1 Å². The fraction of sp³-hybridized carbons (Fsp3) is 0.250. The van der Waals surface area contributed by atoms with Gasteiger partial charge in [-0.3, -0.25) is 4.79 Å². The summed E-state index contributed by atoms with van der Waals surface area (Å²) in [4.78, 5) is 26.8. The van der Waals surface area contributed by atoms with Gasteiger partial charge in [0.05, 0.1) is 12.0 Å². The summed E-state index contributed by atoms with van der Waals surface area (Å²) in [7, 11) is 1.34. The summed E-state index contributed by atoms with van der Waals surface area (Å²) >= 11 is 1.18. The molecule has 0 fully saturated rings. The second-order valence-corrected chi connectivity index (χ2v) is 5.98. The molecule has 1 aliphatic rings. The van der Waals surface area contributed by atoms with Crippen LogP contribution in [0, 0.1) is 0 Å². The van der Waals surface area contributed by atoms with Crippen molar-refractivity contribution in [2.75, 3.05) is 13.7 Å². The van der Waals surface area contributed by atoms with Crippen LogP contribution >= 0.6 is 11.3 Å². The molecule has 21 heavy (non-hydrogen) atoms. The molecule has 3 rings (SSSR count). The number of hydrogen-bond donors (Lipinski definition) is 0. The molecule has 0 atom stereocenters. The summed E-state index contributed by atoms with van der Waals surface area (Å²) in [5, 5.41) is 0. The number of fused-ring (bicyclic) bond motifs is 1. The first-order chi connectivity index (χ1) is 10.2. The van der Waals surface area contributed by atoms with E-state index in [1.54, 1.807) is 12.1 Å². The second-order valence-electron chi connectivity index (χ2n) is 4.90. The van der Waals surface area contributed by atoms with Gasteiger partial charge in [0.15, 0.2) is 0 Å². The average molecular weight is 301 g/mol. The highest BCUT2D eigenvalue weighted by molar-refractivity contribution is 7.15. The molecule has 2 aromatic rings. The lowest BCUT2D eigenvalue weighted by Crippen LogP contribution is -2.35. The lowest BCUT2D eigenvalue weighted by molar-refractivity contribution is 0.0606. The van der Waals surface area contributed by atoms with E-state index in [0.717, 1.165) is 6.42 Å². The van der Waals surface area contributed by atoms with Gasteiger partial charge < -0.3 is 9.64 Å². The Morgan fingerprint density at radius 3 is 2.57 bits per heavy atom. The Kier molecular flexibility index (Phi) is 3.75. The number of ether oxygens (including phenoxy) is 1. The maximum atomic E-state index is 12.5. The third kappa shape index (κ3) is 2.69. The number of nitrogens with zero attached hydrogens (tertiary/aromatic N) is 1. The van der Waals surface area contributed by atoms with Crippen molar-refractivity contribution in [1.29, 1.82) is 0 Å². The molecular formula is C16H15NO3S. The van der Waals surface area contributed by atoms with Crippen LogP contribution in [0.4, 0.5) is 0 Å². The Balaban J connectivity index is 1.77. The minimum atomic E-state index is -0.400. The normalized spacial score (nSPS) is 13.7. The number of amides is 1. The van der Waals surface area contributed by atoms with Crippen LogP contribution in [-0.2, 0) is 17.7 Å². The van der Waals surface area contributed by atoms with Crippen molar-refractivity contribution in [3.05, 3.63) is 57.3 Å². The third-order valence-corrected chi connectivity index (χ3v) is 4.67. The molecule has 5 heteroatoms. The van der Waals surface area contributed by atoms with Gasteiger partial charge in [-0.2, -0.15) is 0 Å². The van der Waals surface area contributed by atoms with E-state index in [1.165, 1.54) is 29.6 Å². The van der Waals surface area contributed by atoms with Crippen LogP contribution in [0.3, 0.4) is 0 Å². The fourth-order valence-corrected chi connectivity index (χ4v) is 3.38. The molecule has 1 aliphatic heterocycles. The third-order valence-electron chi connectivity index (χ3n) is 3.62. The molecule has 108 valence electrons. The monoisotopic (exact) mass is 301 g/mol. The molecule has 0 unspecified atom stereocenters. The Morgan fingerprint density at radius 2 is 1.81 bits per heavy atom. The van der Waals surface area contributed by atoms with Gasteiger partial charge >= 0.3 is 5.97 Å². The zero-order valence-corrected chi connectivity index (χ0v) is 12.5. The molecule has 0 aliphatic carbocycles. The van der Waals surface area contributed by atoms with Gasteiger partial charge in [-0.25, -0.2) is 4.79 Å². The Morgan fingerprint density at radius 1 is 1.10 bits per heavy atom. The van der Waals surface area contributed by atoms with Gasteiger partial charge in [0.1, 0.15) is 4.88 Å². The van der Waals surface area contributed by atoms with Gasteiger partial charge in [-0.15, -0.1) is 11.3 Å². The Hall–Kier alpha value is -2.14. The maximum absolute atomic E-state index is 12.5. The smallest absolute Gasteiger partial charge is 0.348 e. The number of thiophene rings is 1.